The van der Waals surface area contributed by atoms with E-state index in [1.807, 2.05) is 61.5 Å². The lowest BCUT2D eigenvalue weighted by Gasteiger charge is -2.28. The molecule has 2 aromatic rings. The number of anilines is 2. The van der Waals surface area contributed by atoms with Gasteiger partial charge in [-0.2, -0.15) is 0 Å². The molecule has 1 heterocycles. The zero-order valence-electron chi connectivity index (χ0n) is 16.1. The third-order valence-electron chi connectivity index (χ3n) is 4.73. The van der Waals surface area contributed by atoms with Gasteiger partial charge in [-0.15, -0.1) is 0 Å². The molecule has 1 N–H and O–H groups in total. The quantitative estimate of drug-likeness (QED) is 0.745. The maximum Gasteiger partial charge on any atom is 0.306 e. The molecule has 148 valence electrons. The van der Waals surface area contributed by atoms with Crippen molar-refractivity contribution in [2.45, 2.75) is 19.3 Å². The van der Waals surface area contributed by atoms with E-state index < -0.39 is 0 Å². The van der Waals surface area contributed by atoms with Crippen LogP contribution in [0.1, 0.15) is 24.8 Å². The number of nitrogens with one attached hydrogen (secondary N) is 1. The van der Waals surface area contributed by atoms with Crippen LogP contribution in [0.3, 0.4) is 0 Å². The van der Waals surface area contributed by atoms with Crippen LogP contribution in [-0.4, -0.2) is 44.8 Å². The highest BCUT2D eigenvalue weighted by Gasteiger charge is 2.14. The van der Waals surface area contributed by atoms with Gasteiger partial charge in [0.15, 0.2) is 6.61 Å². The summed E-state index contributed by atoms with van der Waals surface area (Å²) in [6, 6.07) is 17.4. The number of hydrogen-bond donors (Lipinski definition) is 1. The van der Waals surface area contributed by atoms with Gasteiger partial charge in [-0.1, -0.05) is 37.3 Å². The van der Waals surface area contributed by atoms with Gasteiger partial charge < -0.3 is 19.7 Å². The van der Waals surface area contributed by atoms with E-state index in [0.717, 1.165) is 37.6 Å². The molecular weight excluding hydrogens is 356 g/mol. The number of ether oxygens (including phenoxy) is 2. The Kier molecular flexibility index (Phi) is 7.03. The Balaban J connectivity index is 1.41. The molecule has 1 aliphatic rings. The molecule has 0 aliphatic carbocycles. The molecule has 1 amide bonds. The van der Waals surface area contributed by atoms with Crippen molar-refractivity contribution in [3.8, 4) is 0 Å². The summed E-state index contributed by atoms with van der Waals surface area (Å²) < 4.78 is 10.5. The normalized spacial score (nSPS) is 15.0. The number of esters is 1. The van der Waals surface area contributed by atoms with Crippen LogP contribution in [0, 0.1) is 0 Å². The third-order valence-corrected chi connectivity index (χ3v) is 4.73. The molecule has 1 aliphatic heterocycles. The van der Waals surface area contributed by atoms with Crippen LogP contribution >= 0.6 is 0 Å². The lowest BCUT2D eigenvalue weighted by molar-refractivity contribution is -0.147. The van der Waals surface area contributed by atoms with Gasteiger partial charge in [0.25, 0.3) is 5.91 Å². The topological polar surface area (TPSA) is 67.9 Å². The summed E-state index contributed by atoms with van der Waals surface area (Å²) in [6.45, 7) is 4.86. The van der Waals surface area contributed by atoms with E-state index in [2.05, 4.69) is 10.2 Å². The molecule has 1 saturated heterocycles. The fourth-order valence-electron chi connectivity index (χ4n) is 3.13. The monoisotopic (exact) mass is 382 g/mol. The summed E-state index contributed by atoms with van der Waals surface area (Å²) in [5, 5.41) is 2.75. The lowest BCUT2D eigenvalue weighted by Crippen LogP contribution is -2.36. The molecular formula is C22H26N2O4. The van der Waals surface area contributed by atoms with Gasteiger partial charge in [-0.05, 0) is 35.7 Å². The minimum absolute atomic E-state index is 0.0458. The van der Waals surface area contributed by atoms with Crippen molar-refractivity contribution in [3.63, 3.8) is 0 Å². The summed E-state index contributed by atoms with van der Waals surface area (Å²) in [5.41, 5.74) is 2.85. The first kappa shape index (κ1) is 19.9. The molecule has 3 rings (SSSR count). The second-order valence-electron chi connectivity index (χ2n) is 6.87. The first-order valence-electron chi connectivity index (χ1n) is 9.55. The zero-order chi connectivity index (χ0) is 19.8. The Morgan fingerprint density at radius 3 is 2.43 bits per heavy atom. The largest absolute Gasteiger partial charge is 0.456 e. The van der Waals surface area contributed by atoms with Crippen molar-refractivity contribution >= 4 is 23.3 Å². The van der Waals surface area contributed by atoms with E-state index in [1.165, 1.54) is 0 Å². The molecule has 0 unspecified atom stereocenters. The Bertz CT molecular complexity index is 771. The number of amides is 1. The van der Waals surface area contributed by atoms with Crippen molar-refractivity contribution in [1.82, 2.24) is 0 Å². The van der Waals surface area contributed by atoms with Gasteiger partial charge in [0.2, 0.25) is 0 Å². The Hall–Kier alpha value is -2.86. The molecule has 6 heteroatoms. The van der Waals surface area contributed by atoms with Gasteiger partial charge in [-0.3, -0.25) is 9.59 Å². The van der Waals surface area contributed by atoms with Crippen molar-refractivity contribution in [2.24, 2.45) is 0 Å². The standard InChI is InChI=1S/C22H26N2O4/c1-17(18-5-3-2-4-6-18)15-22(26)28-16-21(25)23-19-7-9-20(10-8-19)24-11-13-27-14-12-24/h2-10,17H,11-16H2,1H3,(H,23,25)/t17-/m0/s1. The number of benzene rings is 2. The van der Waals surface area contributed by atoms with E-state index in [4.69, 9.17) is 9.47 Å². The Labute approximate surface area is 165 Å². The highest BCUT2D eigenvalue weighted by molar-refractivity contribution is 5.93. The SMILES string of the molecule is C[C@@H](CC(=O)OCC(=O)Nc1ccc(N2CCOCC2)cc1)c1ccccc1. The highest BCUT2D eigenvalue weighted by atomic mass is 16.5. The number of carbonyl (C=O) groups is 2. The van der Waals surface area contributed by atoms with E-state index >= 15 is 0 Å². The van der Waals surface area contributed by atoms with Crippen molar-refractivity contribution in [3.05, 3.63) is 60.2 Å². The van der Waals surface area contributed by atoms with Crippen molar-refractivity contribution < 1.29 is 19.1 Å². The smallest absolute Gasteiger partial charge is 0.306 e. The number of morpholine rings is 1. The van der Waals surface area contributed by atoms with Crippen LogP contribution in [0.2, 0.25) is 0 Å². The molecule has 6 nitrogen and oxygen atoms in total. The van der Waals surface area contributed by atoms with Crippen LogP contribution < -0.4 is 10.2 Å². The van der Waals surface area contributed by atoms with Crippen LogP contribution in [-0.2, 0) is 19.1 Å². The first-order chi connectivity index (χ1) is 13.6. The van der Waals surface area contributed by atoms with Crippen LogP contribution in [0.5, 0.6) is 0 Å². The van der Waals surface area contributed by atoms with Gasteiger partial charge in [0.05, 0.1) is 19.6 Å². The fourth-order valence-corrected chi connectivity index (χ4v) is 3.13. The van der Waals surface area contributed by atoms with E-state index in [0.29, 0.717) is 5.69 Å². The number of nitrogens with zero attached hydrogens (tertiary/aromatic N) is 1. The second kappa shape index (κ2) is 9.90. The second-order valence-corrected chi connectivity index (χ2v) is 6.87. The Morgan fingerprint density at radius 2 is 1.75 bits per heavy atom. The zero-order valence-corrected chi connectivity index (χ0v) is 16.1. The van der Waals surface area contributed by atoms with Gasteiger partial charge in [0.1, 0.15) is 0 Å². The number of hydrogen-bond acceptors (Lipinski definition) is 5. The summed E-state index contributed by atoms with van der Waals surface area (Å²) in [5.74, 6) is -0.682. The van der Waals surface area contributed by atoms with Gasteiger partial charge in [-0.25, -0.2) is 0 Å². The molecule has 0 radical (unpaired) electrons. The molecule has 28 heavy (non-hydrogen) atoms. The molecule has 0 saturated carbocycles. The average molecular weight is 382 g/mol. The van der Waals surface area contributed by atoms with Crippen LogP contribution in [0.25, 0.3) is 0 Å². The predicted molar refractivity (Wildman–Crippen MR) is 109 cm³/mol. The van der Waals surface area contributed by atoms with Crippen LogP contribution in [0.15, 0.2) is 54.6 Å². The molecule has 1 atom stereocenters. The highest BCUT2D eigenvalue weighted by Crippen LogP contribution is 2.20. The lowest BCUT2D eigenvalue weighted by atomic mass is 9.98. The fraction of sp³-hybridized carbons (Fsp3) is 0.364. The van der Waals surface area contributed by atoms with Crippen molar-refractivity contribution in [1.29, 1.82) is 0 Å². The molecule has 1 fully saturated rings. The summed E-state index contributed by atoms with van der Waals surface area (Å²) in [6.07, 6.45) is 0.242. The maximum atomic E-state index is 12.0. The molecule has 0 spiro atoms. The average Bonchev–Trinajstić information content (AvgIpc) is 2.74. The maximum absolute atomic E-state index is 12.0. The van der Waals surface area contributed by atoms with E-state index in [1.54, 1.807) is 0 Å². The predicted octanol–water partition coefficient (Wildman–Crippen LogP) is 3.20. The molecule has 2 aromatic carbocycles. The minimum Gasteiger partial charge on any atom is -0.456 e. The van der Waals surface area contributed by atoms with Crippen LogP contribution in [0.4, 0.5) is 11.4 Å². The Morgan fingerprint density at radius 1 is 1.07 bits per heavy atom. The van der Waals surface area contributed by atoms with Gasteiger partial charge in [0, 0.05) is 24.5 Å². The van der Waals surface area contributed by atoms with Gasteiger partial charge >= 0.3 is 5.97 Å². The first-order valence-corrected chi connectivity index (χ1v) is 9.55. The number of carbonyl (C=O) groups excluding carboxylic acids is 2. The molecule has 0 aromatic heterocycles. The molecule has 0 bridgehead atoms. The third kappa shape index (κ3) is 5.82. The van der Waals surface area contributed by atoms with Crippen molar-refractivity contribution in [2.75, 3.05) is 43.1 Å². The minimum atomic E-state index is -0.380. The summed E-state index contributed by atoms with van der Waals surface area (Å²) in [7, 11) is 0. The van der Waals surface area contributed by atoms with E-state index in [9.17, 15) is 9.59 Å². The summed E-state index contributed by atoms with van der Waals surface area (Å²) >= 11 is 0. The number of rotatable bonds is 7. The van der Waals surface area contributed by atoms with E-state index in [-0.39, 0.29) is 30.8 Å². The summed E-state index contributed by atoms with van der Waals surface area (Å²) in [4.78, 5) is 26.3.